The molecule has 1 aromatic rings. The second-order valence-corrected chi connectivity index (χ2v) is 6.67. The van der Waals surface area contributed by atoms with Crippen molar-refractivity contribution in [2.45, 2.75) is 46.6 Å². The molecule has 1 rings (SSSR count). The summed E-state index contributed by atoms with van der Waals surface area (Å²) in [7, 11) is 0. The molecule has 0 aliphatic heterocycles. The molecular weight excluding hydrogens is 270 g/mol. The number of carboxylic acids is 1. The van der Waals surface area contributed by atoms with Crippen molar-refractivity contribution in [1.29, 1.82) is 0 Å². The van der Waals surface area contributed by atoms with E-state index in [0.29, 0.717) is 6.42 Å². The van der Waals surface area contributed by atoms with E-state index in [1.165, 1.54) is 0 Å². The van der Waals surface area contributed by atoms with Gasteiger partial charge >= 0.3 is 5.97 Å². The van der Waals surface area contributed by atoms with Gasteiger partial charge in [0.25, 0.3) is 5.56 Å². The van der Waals surface area contributed by atoms with Crippen LogP contribution in [0.15, 0.2) is 17.2 Å². The minimum Gasteiger partial charge on any atom is -0.481 e. The smallest absolute Gasteiger partial charge is 0.308 e. The number of nitrogens with one attached hydrogen (secondary N) is 1. The van der Waals surface area contributed by atoms with E-state index in [4.69, 9.17) is 0 Å². The third kappa shape index (κ3) is 4.88. The maximum Gasteiger partial charge on any atom is 0.308 e. The first-order valence-electron chi connectivity index (χ1n) is 7.17. The SMILES string of the molecule is CC(C)CC(CNc1nccn(C(C)(C)C)c1=O)C(=O)O. The van der Waals surface area contributed by atoms with Gasteiger partial charge in [0.05, 0.1) is 5.92 Å². The molecule has 1 aromatic heterocycles. The van der Waals surface area contributed by atoms with Gasteiger partial charge in [0, 0.05) is 24.5 Å². The second kappa shape index (κ2) is 6.74. The predicted octanol–water partition coefficient (Wildman–Crippen LogP) is 2.16. The highest BCUT2D eigenvalue weighted by atomic mass is 16.4. The Hall–Kier alpha value is -1.85. The molecule has 0 saturated heterocycles. The van der Waals surface area contributed by atoms with Gasteiger partial charge in [-0.15, -0.1) is 0 Å². The fourth-order valence-corrected chi connectivity index (χ4v) is 2.12. The third-order valence-corrected chi connectivity index (χ3v) is 3.18. The molecule has 6 heteroatoms. The van der Waals surface area contributed by atoms with E-state index in [9.17, 15) is 14.7 Å². The van der Waals surface area contributed by atoms with E-state index >= 15 is 0 Å². The maximum absolute atomic E-state index is 12.3. The maximum atomic E-state index is 12.3. The number of hydrogen-bond donors (Lipinski definition) is 2. The molecule has 118 valence electrons. The van der Waals surface area contributed by atoms with E-state index in [1.54, 1.807) is 17.0 Å². The van der Waals surface area contributed by atoms with E-state index in [1.807, 2.05) is 34.6 Å². The summed E-state index contributed by atoms with van der Waals surface area (Å²) in [5, 5.41) is 12.1. The highest BCUT2D eigenvalue weighted by molar-refractivity contribution is 5.70. The lowest BCUT2D eigenvalue weighted by Crippen LogP contribution is -2.36. The molecule has 0 aliphatic carbocycles. The molecule has 1 heterocycles. The summed E-state index contributed by atoms with van der Waals surface area (Å²) in [5.41, 5.74) is -0.584. The number of hydrogen-bond acceptors (Lipinski definition) is 4. The van der Waals surface area contributed by atoms with Gasteiger partial charge in [-0.3, -0.25) is 9.59 Å². The number of aliphatic carboxylic acids is 1. The van der Waals surface area contributed by atoms with Gasteiger partial charge < -0.3 is 15.0 Å². The second-order valence-electron chi connectivity index (χ2n) is 6.67. The Labute approximate surface area is 125 Å². The minimum absolute atomic E-state index is 0.197. The first-order chi connectivity index (χ1) is 9.62. The monoisotopic (exact) mass is 295 g/mol. The van der Waals surface area contributed by atoms with Crippen molar-refractivity contribution in [1.82, 2.24) is 9.55 Å². The van der Waals surface area contributed by atoms with Gasteiger partial charge in [0.1, 0.15) is 0 Å². The van der Waals surface area contributed by atoms with Crippen molar-refractivity contribution in [3.05, 3.63) is 22.7 Å². The zero-order valence-corrected chi connectivity index (χ0v) is 13.4. The molecule has 0 radical (unpaired) electrons. The summed E-state index contributed by atoms with van der Waals surface area (Å²) >= 11 is 0. The van der Waals surface area contributed by atoms with Crippen LogP contribution >= 0.6 is 0 Å². The van der Waals surface area contributed by atoms with Crippen molar-refractivity contribution >= 4 is 11.8 Å². The summed E-state index contributed by atoms with van der Waals surface area (Å²) in [6.45, 7) is 9.93. The molecule has 0 bridgehead atoms. The Morgan fingerprint density at radius 1 is 1.43 bits per heavy atom. The van der Waals surface area contributed by atoms with Gasteiger partial charge in [0.2, 0.25) is 0 Å². The van der Waals surface area contributed by atoms with Crippen LogP contribution in [-0.4, -0.2) is 27.2 Å². The molecule has 1 atom stereocenters. The highest BCUT2D eigenvalue weighted by Crippen LogP contribution is 2.14. The largest absolute Gasteiger partial charge is 0.481 e. The van der Waals surface area contributed by atoms with Crippen LogP contribution in [-0.2, 0) is 10.3 Å². The molecule has 0 aromatic carbocycles. The van der Waals surface area contributed by atoms with E-state index < -0.39 is 11.9 Å². The summed E-state index contributed by atoms with van der Waals surface area (Å²) in [4.78, 5) is 27.6. The van der Waals surface area contributed by atoms with E-state index in [0.717, 1.165) is 0 Å². The topological polar surface area (TPSA) is 84.2 Å². The summed E-state index contributed by atoms with van der Waals surface area (Å²) in [5.74, 6) is -0.914. The molecule has 21 heavy (non-hydrogen) atoms. The molecule has 6 nitrogen and oxygen atoms in total. The Kier molecular flexibility index (Phi) is 5.52. The van der Waals surface area contributed by atoms with Crippen LogP contribution in [0.4, 0.5) is 5.82 Å². The molecule has 0 saturated carbocycles. The van der Waals surface area contributed by atoms with Gasteiger partial charge in [-0.1, -0.05) is 13.8 Å². The Bertz CT molecular complexity index is 544. The zero-order valence-electron chi connectivity index (χ0n) is 13.4. The van der Waals surface area contributed by atoms with Crippen molar-refractivity contribution in [2.24, 2.45) is 11.8 Å². The lowest BCUT2D eigenvalue weighted by molar-refractivity contribution is -0.141. The average Bonchev–Trinajstić information content (AvgIpc) is 2.33. The first-order valence-corrected chi connectivity index (χ1v) is 7.17. The number of rotatable bonds is 6. The van der Waals surface area contributed by atoms with Crippen LogP contribution in [0.3, 0.4) is 0 Å². The van der Waals surface area contributed by atoms with Crippen molar-refractivity contribution < 1.29 is 9.90 Å². The van der Waals surface area contributed by atoms with Gasteiger partial charge in [-0.2, -0.15) is 0 Å². The van der Waals surface area contributed by atoms with Crippen LogP contribution in [0.25, 0.3) is 0 Å². The van der Waals surface area contributed by atoms with Crippen molar-refractivity contribution in [2.75, 3.05) is 11.9 Å². The zero-order chi connectivity index (χ0) is 16.2. The van der Waals surface area contributed by atoms with Gasteiger partial charge in [-0.25, -0.2) is 4.98 Å². The summed E-state index contributed by atoms with van der Waals surface area (Å²) in [6.07, 6.45) is 3.74. The number of nitrogens with zero attached hydrogens (tertiary/aromatic N) is 2. The lowest BCUT2D eigenvalue weighted by atomic mass is 9.97. The Morgan fingerprint density at radius 3 is 2.52 bits per heavy atom. The molecule has 0 aliphatic rings. The number of aromatic nitrogens is 2. The molecule has 0 fully saturated rings. The van der Waals surface area contributed by atoms with Crippen LogP contribution in [0, 0.1) is 11.8 Å². The van der Waals surface area contributed by atoms with Crippen molar-refractivity contribution in [3.8, 4) is 0 Å². The average molecular weight is 295 g/mol. The fraction of sp³-hybridized carbons (Fsp3) is 0.667. The highest BCUT2D eigenvalue weighted by Gasteiger charge is 2.21. The number of anilines is 1. The molecule has 0 spiro atoms. The van der Waals surface area contributed by atoms with Gasteiger partial charge in [-0.05, 0) is 33.1 Å². The van der Waals surface area contributed by atoms with E-state index in [-0.39, 0.29) is 29.4 Å². The van der Waals surface area contributed by atoms with Crippen LogP contribution in [0.5, 0.6) is 0 Å². The Balaban J connectivity index is 2.89. The normalized spacial score (nSPS) is 13.2. The molecule has 1 unspecified atom stereocenters. The Morgan fingerprint density at radius 2 is 2.05 bits per heavy atom. The molecule has 2 N–H and O–H groups in total. The fourth-order valence-electron chi connectivity index (χ4n) is 2.12. The summed E-state index contributed by atoms with van der Waals surface area (Å²) < 4.78 is 1.58. The van der Waals surface area contributed by atoms with Crippen LogP contribution in [0.2, 0.25) is 0 Å². The van der Waals surface area contributed by atoms with Crippen molar-refractivity contribution in [3.63, 3.8) is 0 Å². The van der Waals surface area contributed by atoms with E-state index in [2.05, 4.69) is 10.3 Å². The quantitative estimate of drug-likeness (QED) is 0.840. The lowest BCUT2D eigenvalue weighted by Gasteiger charge is -2.23. The first kappa shape index (κ1) is 17.2. The molecular formula is C15H25N3O3. The number of carbonyl (C=O) groups is 1. The standard InChI is InChI=1S/C15H25N3O3/c1-10(2)8-11(14(20)21)9-17-12-13(19)18(7-6-16-12)15(3,4)5/h6-7,10-11H,8-9H2,1-5H3,(H,16,17)(H,20,21). The third-order valence-electron chi connectivity index (χ3n) is 3.18. The predicted molar refractivity (Wildman–Crippen MR) is 82.6 cm³/mol. The van der Waals surface area contributed by atoms with Crippen LogP contribution < -0.4 is 10.9 Å². The number of carboxylic acid groups (broad SMARTS) is 1. The minimum atomic E-state index is -0.858. The molecule has 0 amide bonds. The van der Waals surface area contributed by atoms with Gasteiger partial charge in [0.15, 0.2) is 5.82 Å². The summed E-state index contributed by atoms with van der Waals surface area (Å²) in [6, 6.07) is 0. The van der Waals surface area contributed by atoms with Crippen LogP contribution in [0.1, 0.15) is 41.0 Å².